The van der Waals surface area contributed by atoms with Gasteiger partial charge in [-0.25, -0.2) is 0 Å². The molecule has 106 valence electrons. The van der Waals surface area contributed by atoms with Crippen LogP contribution in [0.2, 0.25) is 0 Å². The van der Waals surface area contributed by atoms with E-state index in [1.807, 2.05) is 20.8 Å². The monoisotopic (exact) mass is 259 g/mol. The van der Waals surface area contributed by atoms with Crippen LogP contribution in [0.15, 0.2) is 0 Å². The van der Waals surface area contributed by atoms with Crippen LogP contribution in [0.25, 0.3) is 0 Å². The summed E-state index contributed by atoms with van der Waals surface area (Å²) in [5.74, 6) is -1.22. The first-order valence-corrected chi connectivity index (χ1v) is 6.41. The third-order valence-corrected chi connectivity index (χ3v) is 3.60. The molecule has 0 saturated heterocycles. The van der Waals surface area contributed by atoms with Gasteiger partial charge in [0.15, 0.2) is 0 Å². The minimum absolute atomic E-state index is 0.000726. The van der Waals surface area contributed by atoms with Crippen LogP contribution in [-0.2, 0) is 9.59 Å². The van der Waals surface area contributed by atoms with E-state index in [0.29, 0.717) is 19.5 Å². The van der Waals surface area contributed by atoms with Gasteiger partial charge in [-0.15, -0.1) is 0 Å². The summed E-state index contributed by atoms with van der Waals surface area (Å²) in [5.41, 5.74) is -1.04. The summed E-state index contributed by atoms with van der Waals surface area (Å²) in [7, 11) is 0. The van der Waals surface area contributed by atoms with E-state index in [0.717, 1.165) is 0 Å². The summed E-state index contributed by atoms with van der Waals surface area (Å²) < 4.78 is 0. The number of amides is 1. The quantitative estimate of drug-likeness (QED) is 0.690. The maximum absolute atomic E-state index is 12.1. The van der Waals surface area contributed by atoms with Crippen LogP contribution in [-0.4, -0.2) is 46.7 Å². The Bertz CT molecular complexity index is 291. The van der Waals surface area contributed by atoms with Crippen molar-refractivity contribution in [2.75, 3.05) is 19.7 Å². The van der Waals surface area contributed by atoms with Gasteiger partial charge >= 0.3 is 5.97 Å². The molecule has 5 nitrogen and oxygen atoms in total. The molecule has 0 bridgehead atoms. The van der Waals surface area contributed by atoms with Crippen LogP contribution in [0, 0.1) is 11.3 Å². The van der Waals surface area contributed by atoms with Crippen molar-refractivity contribution in [2.45, 2.75) is 40.5 Å². The van der Waals surface area contributed by atoms with Gasteiger partial charge in [0.05, 0.1) is 5.41 Å². The average Bonchev–Trinajstić information content (AvgIpc) is 2.29. The minimum Gasteiger partial charge on any atom is -0.481 e. The number of aliphatic carboxylic acids is 1. The topological polar surface area (TPSA) is 77.8 Å². The zero-order valence-corrected chi connectivity index (χ0v) is 11.8. The van der Waals surface area contributed by atoms with Gasteiger partial charge < -0.3 is 15.1 Å². The van der Waals surface area contributed by atoms with Gasteiger partial charge in [0.25, 0.3) is 0 Å². The largest absolute Gasteiger partial charge is 0.481 e. The Kier molecular flexibility index (Phi) is 6.91. The molecule has 0 fully saturated rings. The van der Waals surface area contributed by atoms with Crippen LogP contribution < -0.4 is 0 Å². The average molecular weight is 259 g/mol. The smallest absolute Gasteiger partial charge is 0.310 e. The molecule has 0 aliphatic heterocycles. The lowest BCUT2D eigenvalue weighted by molar-refractivity contribution is -0.155. The van der Waals surface area contributed by atoms with Crippen molar-refractivity contribution in [1.29, 1.82) is 0 Å². The maximum Gasteiger partial charge on any atom is 0.310 e. The lowest BCUT2D eigenvalue weighted by Gasteiger charge is -2.31. The van der Waals surface area contributed by atoms with Crippen LogP contribution >= 0.6 is 0 Å². The van der Waals surface area contributed by atoms with E-state index < -0.39 is 11.4 Å². The van der Waals surface area contributed by atoms with E-state index in [2.05, 4.69) is 0 Å². The van der Waals surface area contributed by atoms with Crippen molar-refractivity contribution < 1.29 is 19.8 Å². The molecule has 0 aromatic carbocycles. The highest BCUT2D eigenvalue weighted by Crippen LogP contribution is 2.32. The number of aliphatic hydroxyl groups excluding tert-OH is 1. The predicted octanol–water partition coefficient (Wildman–Crippen LogP) is 1.35. The van der Waals surface area contributed by atoms with E-state index in [-0.39, 0.29) is 24.9 Å². The molecule has 0 saturated carbocycles. The van der Waals surface area contributed by atoms with Gasteiger partial charge in [-0.05, 0) is 26.2 Å². The summed E-state index contributed by atoms with van der Waals surface area (Å²) in [6.45, 7) is 8.12. The van der Waals surface area contributed by atoms with Gasteiger partial charge in [-0.3, -0.25) is 9.59 Å². The summed E-state index contributed by atoms with van der Waals surface area (Å²) in [5, 5.41) is 18.0. The molecular weight excluding hydrogens is 234 g/mol. The number of carbonyl (C=O) groups is 2. The lowest BCUT2D eigenvalue weighted by atomic mass is 9.76. The fraction of sp³-hybridized carbons (Fsp3) is 0.846. The first kappa shape index (κ1) is 16.9. The molecule has 1 atom stereocenters. The van der Waals surface area contributed by atoms with Gasteiger partial charge in [0.2, 0.25) is 5.91 Å². The first-order valence-electron chi connectivity index (χ1n) is 6.41. The van der Waals surface area contributed by atoms with E-state index in [1.165, 1.54) is 0 Å². The summed E-state index contributed by atoms with van der Waals surface area (Å²) in [6.07, 6.45) is 0.518. The number of rotatable bonds is 8. The molecule has 0 spiro atoms. The first-order chi connectivity index (χ1) is 8.29. The Morgan fingerprint density at radius 1 is 1.33 bits per heavy atom. The van der Waals surface area contributed by atoms with E-state index >= 15 is 0 Å². The normalized spacial score (nSPS) is 14.3. The van der Waals surface area contributed by atoms with Crippen LogP contribution in [0.4, 0.5) is 0 Å². The molecule has 0 rings (SSSR count). The minimum atomic E-state index is -1.04. The van der Waals surface area contributed by atoms with Gasteiger partial charge in [0.1, 0.15) is 0 Å². The van der Waals surface area contributed by atoms with Crippen LogP contribution in [0.5, 0.6) is 0 Å². The van der Waals surface area contributed by atoms with E-state index in [4.69, 9.17) is 5.11 Å². The maximum atomic E-state index is 12.1. The number of nitrogens with zero attached hydrogens (tertiary/aromatic N) is 1. The number of aliphatic hydroxyl groups is 1. The molecular formula is C13H25NO4. The van der Waals surface area contributed by atoms with Crippen LogP contribution in [0.1, 0.15) is 40.5 Å². The van der Waals surface area contributed by atoms with Crippen molar-refractivity contribution >= 4 is 11.9 Å². The molecule has 0 aliphatic carbocycles. The Morgan fingerprint density at radius 3 is 2.22 bits per heavy atom. The number of carboxylic acid groups (broad SMARTS) is 1. The molecule has 1 amide bonds. The Morgan fingerprint density at radius 2 is 1.89 bits per heavy atom. The van der Waals surface area contributed by atoms with E-state index in [1.54, 1.807) is 11.8 Å². The Labute approximate surface area is 109 Å². The Balaban J connectivity index is 4.73. The molecule has 0 aliphatic rings. The highest BCUT2D eigenvalue weighted by molar-refractivity contribution is 5.84. The number of carbonyl (C=O) groups excluding carboxylic acids is 1. The molecule has 5 heteroatoms. The highest BCUT2D eigenvalue weighted by atomic mass is 16.4. The van der Waals surface area contributed by atoms with Crippen molar-refractivity contribution in [3.8, 4) is 0 Å². The third-order valence-electron chi connectivity index (χ3n) is 3.60. The second kappa shape index (κ2) is 7.36. The molecule has 0 radical (unpaired) electrons. The zero-order valence-electron chi connectivity index (χ0n) is 11.8. The SMILES string of the molecule is CCN(CCCO)C(=O)CC(C)(C(=O)O)C(C)C. The fourth-order valence-corrected chi connectivity index (χ4v) is 1.67. The molecule has 0 heterocycles. The molecule has 1 unspecified atom stereocenters. The summed E-state index contributed by atoms with van der Waals surface area (Å²) in [4.78, 5) is 25.0. The second-order valence-electron chi connectivity index (χ2n) is 5.10. The van der Waals surface area contributed by atoms with Gasteiger partial charge in [0, 0.05) is 26.1 Å². The third kappa shape index (κ3) is 4.29. The van der Waals surface area contributed by atoms with Crippen molar-refractivity contribution in [1.82, 2.24) is 4.90 Å². The van der Waals surface area contributed by atoms with Gasteiger partial charge in [-0.2, -0.15) is 0 Å². The molecule has 2 N–H and O–H groups in total. The standard InChI is InChI=1S/C13H25NO4/c1-5-14(7-6-8-15)11(16)9-13(4,10(2)3)12(17)18/h10,15H,5-9H2,1-4H3,(H,17,18). The molecule has 18 heavy (non-hydrogen) atoms. The predicted molar refractivity (Wildman–Crippen MR) is 69.2 cm³/mol. The second-order valence-corrected chi connectivity index (χ2v) is 5.10. The number of hydrogen-bond acceptors (Lipinski definition) is 3. The van der Waals surface area contributed by atoms with Crippen molar-refractivity contribution in [2.24, 2.45) is 11.3 Å². The van der Waals surface area contributed by atoms with Crippen molar-refractivity contribution in [3.05, 3.63) is 0 Å². The van der Waals surface area contributed by atoms with Crippen molar-refractivity contribution in [3.63, 3.8) is 0 Å². The lowest BCUT2D eigenvalue weighted by Crippen LogP contribution is -2.41. The van der Waals surface area contributed by atoms with E-state index in [9.17, 15) is 14.7 Å². The highest BCUT2D eigenvalue weighted by Gasteiger charge is 2.39. The zero-order chi connectivity index (χ0) is 14.3. The molecule has 0 aromatic heterocycles. The summed E-state index contributed by atoms with van der Waals surface area (Å²) >= 11 is 0. The fourth-order valence-electron chi connectivity index (χ4n) is 1.67. The summed E-state index contributed by atoms with van der Waals surface area (Å²) in [6, 6.07) is 0. The Hall–Kier alpha value is -1.10. The van der Waals surface area contributed by atoms with Gasteiger partial charge in [-0.1, -0.05) is 13.8 Å². The molecule has 0 aromatic rings. The van der Waals surface area contributed by atoms with Crippen LogP contribution in [0.3, 0.4) is 0 Å². The number of hydrogen-bond donors (Lipinski definition) is 2. The number of carboxylic acids is 1.